The maximum Gasteiger partial charge on any atom is 0.303 e. The molecule has 534 valence electrons. The molecule has 0 saturated carbocycles. The predicted molar refractivity (Wildman–Crippen MR) is 384 cm³/mol. The van der Waals surface area contributed by atoms with Gasteiger partial charge in [-0.1, -0.05) is 133 Å². The molecule has 2 aliphatic carbocycles. The quantitative estimate of drug-likeness (QED) is 0.00931. The fraction of sp³-hybridized carbons (Fsp3) is 0.240. The number of rotatable bonds is 20. The number of benzene rings is 7. The Labute approximate surface area is 597 Å². The van der Waals surface area contributed by atoms with E-state index in [2.05, 4.69) is 40.6 Å². The van der Waals surface area contributed by atoms with Crippen molar-refractivity contribution in [3.8, 4) is 0 Å². The minimum atomic E-state index is -4.31. The van der Waals surface area contributed by atoms with Crippen LogP contribution >= 0.6 is 12.0 Å². The Hall–Kier alpha value is -10.6. The third-order valence-electron chi connectivity index (χ3n) is 17.3. The number of anilines is 1. The molecule has 0 atom stereocenters. The minimum absolute atomic E-state index is 0.0324. The number of carboxylic acids is 1. The summed E-state index contributed by atoms with van der Waals surface area (Å²) < 4.78 is 70.4. The molecule has 8 bridgehead atoms. The fourth-order valence-electron chi connectivity index (χ4n) is 12.4. The van der Waals surface area contributed by atoms with Crippen molar-refractivity contribution in [2.45, 2.75) is 71.1 Å². The fourth-order valence-corrected chi connectivity index (χ4v) is 13.8. The highest BCUT2D eigenvalue weighted by atomic mass is 32.2. The predicted octanol–water partition coefficient (Wildman–Crippen LogP) is 7.61. The van der Waals surface area contributed by atoms with E-state index in [1.165, 1.54) is 0 Å². The molecule has 0 unspecified atom stereocenters. The number of ketones is 1. The minimum Gasteiger partial charge on any atom is -0.875 e. The van der Waals surface area contributed by atoms with Gasteiger partial charge in [-0.15, -0.1) is 5.76 Å². The second-order valence-electron chi connectivity index (χ2n) is 24.1. The molecule has 7 aromatic carbocycles. The molecule has 28 heteroatoms. The SMILES string of the molecule is O=C(O)CCCN(CCCS(=O)(=O)[O-])c1ccc(C2=C([O-])CC2=O)cc1.O=C1NCc2c3ccccc3c(c3ccccc23)CNC(=O)c2cccc(n2)C(=O)NCc2c3ccccc3c(c3ccccc23)CNC(=O)c2cccc1n2.O=S(=O)([O-])CCC[N+](CCCSOO[O-])=C1C=CCC=C1. The van der Waals surface area contributed by atoms with Crippen LogP contribution in [0.2, 0.25) is 0 Å². The van der Waals surface area contributed by atoms with Crippen LogP contribution in [0.25, 0.3) is 48.7 Å². The van der Waals surface area contributed by atoms with Crippen LogP contribution in [-0.2, 0) is 65.4 Å². The number of nitrogens with one attached hydrogen (secondary N) is 4. The van der Waals surface area contributed by atoms with Gasteiger partial charge >= 0.3 is 5.97 Å². The van der Waals surface area contributed by atoms with Crippen molar-refractivity contribution < 1.29 is 84.1 Å². The van der Waals surface area contributed by atoms with Gasteiger partial charge in [-0.25, -0.2) is 31.4 Å². The molecule has 0 radical (unpaired) electrons. The molecule has 2 aromatic heterocycles. The average Bonchev–Trinajstić information content (AvgIpc) is 0.762. The lowest BCUT2D eigenvalue weighted by molar-refractivity contribution is -0.777. The Morgan fingerprint density at radius 2 is 0.903 bits per heavy atom. The van der Waals surface area contributed by atoms with Crippen LogP contribution in [0.15, 0.2) is 188 Å². The normalized spacial score (nSPS) is 14.3. The molecule has 0 fully saturated rings. The maximum absolute atomic E-state index is 13.6. The average molecular weight is 1450 g/mol. The number of carboxylic acid groups (broad SMARTS) is 1. The van der Waals surface area contributed by atoms with Crippen LogP contribution in [0.3, 0.4) is 0 Å². The van der Waals surface area contributed by atoms with Crippen molar-refractivity contribution in [1.29, 1.82) is 0 Å². The van der Waals surface area contributed by atoms with E-state index >= 15 is 0 Å². The smallest absolute Gasteiger partial charge is 0.303 e. The highest BCUT2D eigenvalue weighted by molar-refractivity contribution is 7.94. The van der Waals surface area contributed by atoms with Gasteiger partial charge in [-0.05, 0) is 127 Å². The molecule has 5 N–H and O–H groups in total. The van der Waals surface area contributed by atoms with Crippen LogP contribution in [0.5, 0.6) is 0 Å². The van der Waals surface area contributed by atoms with E-state index in [9.17, 15) is 65.1 Å². The molecule has 9 aromatic rings. The summed E-state index contributed by atoms with van der Waals surface area (Å²) in [5.41, 5.74) is 6.48. The maximum atomic E-state index is 13.6. The number of hydrogen-bond acceptors (Lipinski definition) is 20. The molecular formula is C75H71N8O17S3-3. The van der Waals surface area contributed by atoms with Gasteiger partial charge in [0.05, 0.1) is 20.2 Å². The van der Waals surface area contributed by atoms with E-state index in [-0.39, 0.29) is 104 Å². The molecule has 0 spiro atoms. The molecule has 1 aliphatic heterocycles. The highest BCUT2D eigenvalue weighted by Gasteiger charge is 2.24. The van der Waals surface area contributed by atoms with Gasteiger partial charge < -0.3 is 50.7 Å². The zero-order valence-electron chi connectivity index (χ0n) is 55.5. The van der Waals surface area contributed by atoms with E-state index in [4.69, 9.17) is 5.11 Å². The Bertz CT molecular complexity index is 4550. The van der Waals surface area contributed by atoms with Gasteiger partial charge in [0.1, 0.15) is 35.9 Å². The first-order valence-electron chi connectivity index (χ1n) is 32.9. The lowest BCUT2D eigenvalue weighted by Gasteiger charge is -2.28. The Balaban J connectivity index is 0.000000200. The molecule has 103 heavy (non-hydrogen) atoms. The van der Waals surface area contributed by atoms with Crippen LogP contribution < -0.4 is 36.5 Å². The second kappa shape index (κ2) is 35.4. The van der Waals surface area contributed by atoms with E-state index < -0.39 is 55.6 Å². The standard InChI is InChI=1S/C46H34N6O4.C17H21NO7S.C12H19NO6S2/c53-43-39-19-9-21-41(51-39)45(55)49-25-37-31-15-5-7-17-33(31)38(34-18-8-6-16-32(34)37)26-50-46(56)42-22-10-20-40(52-42)44(54)48-24-36-28-12-2-1-11-27(28)35(23-47-43)29-13-3-4-14-30(29)36;19-14-11-15(20)17(14)12-4-6-13(7-5-12)18(8-1-3-16(21)22)9-2-10-26(23,24)25;14-18-19-20-10-4-8-13(9-5-11-21(15,16)17)12-6-2-1-3-7-12/h1-22H,23-26H2,(H,47,53)(H,48,54)(H,49,55)(H,50,56);4-7,19H,1-3,8-11H2,(H,21,22)(H,23,24,25);2-3,6-7H,1,4-5,8-11H2,(H-,14,15,16,17)/p-3. The van der Waals surface area contributed by atoms with Gasteiger partial charge in [0.15, 0.2) is 11.5 Å². The summed E-state index contributed by atoms with van der Waals surface area (Å²) in [5, 5.41) is 52.6. The Kier molecular flexibility index (Phi) is 25.8. The summed E-state index contributed by atoms with van der Waals surface area (Å²) in [7, 11) is -8.49. The van der Waals surface area contributed by atoms with E-state index in [1.54, 1.807) is 65.6 Å². The second-order valence-corrected chi connectivity index (χ2v) is 27.9. The molecular weight excluding hydrogens is 1380 g/mol. The van der Waals surface area contributed by atoms with Crippen LogP contribution in [-0.4, -0.2) is 130 Å². The van der Waals surface area contributed by atoms with E-state index in [1.807, 2.05) is 126 Å². The number of aromatic nitrogens is 2. The van der Waals surface area contributed by atoms with Crippen molar-refractivity contribution in [2.24, 2.45) is 0 Å². The number of carbonyl (C=O) groups is 6. The number of nitrogens with zero attached hydrogens (tertiary/aromatic N) is 4. The monoisotopic (exact) mass is 1450 g/mol. The number of amides is 4. The highest BCUT2D eigenvalue weighted by Crippen LogP contribution is 2.36. The van der Waals surface area contributed by atoms with Gasteiger partial charge in [0.2, 0.25) is 0 Å². The van der Waals surface area contributed by atoms with Gasteiger partial charge in [0, 0.05) is 118 Å². The van der Waals surface area contributed by atoms with Crippen molar-refractivity contribution in [3.05, 3.63) is 238 Å². The van der Waals surface area contributed by atoms with E-state index in [0.717, 1.165) is 95.9 Å². The number of aliphatic carboxylic acids is 1. The number of carbonyl (C=O) groups excluding carboxylic acids is 5. The van der Waals surface area contributed by atoms with Gasteiger partial charge in [0.25, 0.3) is 23.6 Å². The first-order valence-corrected chi connectivity index (χ1v) is 37.0. The number of allylic oxidation sites excluding steroid dienone is 6. The molecule has 25 nitrogen and oxygen atoms in total. The lowest BCUT2D eigenvalue weighted by Crippen LogP contribution is -2.28. The van der Waals surface area contributed by atoms with Gasteiger partial charge in [-0.3, -0.25) is 33.8 Å². The lowest BCUT2D eigenvalue weighted by atomic mass is 9.88. The largest absolute Gasteiger partial charge is 0.875 e. The number of hydrogen-bond donors (Lipinski definition) is 5. The van der Waals surface area contributed by atoms with Crippen molar-refractivity contribution in [2.75, 3.05) is 48.3 Å². The molecule has 3 heterocycles. The zero-order valence-corrected chi connectivity index (χ0v) is 58.0. The van der Waals surface area contributed by atoms with Crippen LogP contribution in [0.4, 0.5) is 5.69 Å². The molecule has 3 aliphatic rings. The summed E-state index contributed by atoms with van der Waals surface area (Å²) in [4.78, 5) is 87.5. The van der Waals surface area contributed by atoms with Crippen LogP contribution in [0.1, 0.15) is 115 Å². The number of pyridine rings is 2. The molecule has 4 amide bonds. The topological polar surface area (TPSA) is 382 Å². The third-order valence-corrected chi connectivity index (χ3v) is 19.4. The summed E-state index contributed by atoms with van der Waals surface area (Å²) >= 11 is 0.917. The Morgan fingerprint density at radius 3 is 1.26 bits per heavy atom. The summed E-state index contributed by atoms with van der Waals surface area (Å²) in [6.07, 6.45) is 10.2. The third kappa shape index (κ3) is 20.2. The van der Waals surface area contributed by atoms with Crippen molar-refractivity contribution in [1.82, 2.24) is 31.2 Å². The summed E-state index contributed by atoms with van der Waals surface area (Å²) in [6, 6.07) is 47.8. The van der Waals surface area contributed by atoms with Gasteiger partial charge in [-0.2, -0.15) is 4.33 Å². The van der Waals surface area contributed by atoms with Crippen molar-refractivity contribution in [3.63, 3.8) is 0 Å². The number of fused-ring (bicyclic) bond motifs is 10. The zero-order chi connectivity index (χ0) is 73.0. The van der Waals surface area contributed by atoms with Crippen LogP contribution in [0, 0.1) is 0 Å². The first kappa shape index (κ1) is 75.1. The number of Topliss-reactive ketones (excluding diaryl/α,β-unsaturated/α-hetero) is 1. The van der Waals surface area contributed by atoms with Crippen molar-refractivity contribution >= 4 is 128 Å². The summed E-state index contributed by atoms with van der Waals surface area (Å²) in [5.74, 6) is -3.28. The molecule has 12 rings (SSSR count). The Morgan fingerprint density at radius 1 is 0.524 bits per heavy atom. The first-order chi connectivity index (χ1) is 49.6. The molecule has 0 saturated heterocycles. The van der Waals surface area contributed by atoms with E-state index in [0.29, 0.717) is 43.1 Å². The summed E-state index contributed by atoms with van der Waals surface area (Å²) in [6.45, 7) is 2.57.